The van der Waals surface area contributed by atoms with Gasteiger partial charge in [0.05, 0.1) is 38.4 Å². The van der Waals surface area contributed by atoms with Gasteiger partial charge in [0.25, 0.3) is 0 Å². The summed E-state index contributed by atoms with van der Waals surface area (Å²) in [5.74, 6) is 0.458. The summed E-state index contributed by atoms with van der Waals surface area (Å²) < 4.78 is 11.7. The molecule has 1 heterocycles. The second-order valence-electron chi connectivity index (χ2n) is 8.81. The van der Waals surface area contributed by atoms with Gasteiger partial charge in [0.1, 0.15) is 23.8 Å². The lowest BCUT2D eigenvalue weighted by Gasteiger charge is -2.12. The molecule has 0 radical (unpaired) electrons. The lowest BCUT2D eigenvalue weighted by Crippen LogP contribution is -2.07. The fourth-order valence-corrected chi connectivity index (χ4v) is 4.56. The quantitative estimate of drug-likeness (QED) is 0.185. The van der Waals surface area contributed by atoms with Gasteiger partial charge >= 0.3 is 5.97 Å². The van der Waals surface area contributed by atoms with E-state index in [1.165, 1.54) is 0 Å². The van der Waals surface area contributed by atoms with E-state index in [4.69, 9.17) is 44.1 Å². The Morgan fingerprint density at radius 1 is 1.03 bits per heavy atom. The number of nitrogens with one attached hydrogen (secondary N) is 1. The lowest BCUT2D eigenvalue weighted by molar-refractivity contribution is 0.0697. The molecule has 9 heteroatoms. The Hall–Kier alpha value is -3.45. The van der Waals surface area contributed by atoms with Crippen molar-refractivity contribution < 1.29 is 19.2 Å². The molecule has 0 fully saturated rings. The highest BCUT2D eigenvalue weighted by molar-refractivity contribution is 6.39. The van der Waals surface area contributed by atoms with Gasteiger partial charge in [0.2, 0.25) is 0 Å². The van der Waals surface area contributed by atoms with E-state index in [0.29, 0.717) is 38.7 Å². The summed E-state index contributed by atoms with van der Waals surface area (Å²) in [6.07, 6.45) is 3.64. The molecule has 0 bridgehead atoms. The Morgan fingerprint density at radius 2 is 1.76 bits per heavy atom. The predicted octanol–water partition coefficient (Wildman–Crippen LogP) is 8.82. The largest absolute Gasteiger partial charge is 0.489 e. The van der Waals surface area contributed by atoms with E-state index >= 15 is 0 Å². The fourth-order valence-electron chi connectivity index (χ4n) is 3.79. The van der Waals surface area contributed by atoms with Gasteiger partial charge in [-0.3, -0.25) is 0 Å². The number of aromatic carboxylic acids is 1. The van der Waals surface area contributed by atoms with Crippen molar-refractivity contribution in [1.29, 1.82) is 0 Å². The van der Waals surface area contributed by atoms with Crippen molar-refractivity contribution >= 4 is 58.6 Å². The van der Waals surface area contributed by atoms with E-state index in [9.17, 15) is 9.90 Å². The molecule has 4 aromatic rings. The summed E-state index contributed by atoms with van der Waals surface area (Å²) in [5, 5.41) is 18.2. The average molecular weight is 572 g/mol. The molecule has 196 valence electrons. The maximum Gasteiger partial charge on any atom is 0.335 e. The Labute approximate surface area is 235 Å². The van der Waals surface area contributed by atoms with E-state index in [0.717, 1.165) is 22.5 Å². The lowest BCUT2D eigenvalue weighted by atomic mass is 10.1. The van der Waals surface area contributed by atoms with E-state index in [1.54, 1.807) is 42.5 Å². The zero-order valence-electron chi connectivity index (χ0n) is 20.7. The Bertz CT molecular complexity index is 1460. The number of aromatic nitrogens is 1. The van der Waals surface area contributed by atoms with Gasteiger partial charge in [-0.1, -0.05) is 84.2 Å². The van der Waals surface area contributed by atoms with Gasteiger partial charge < -0.3 is 19.7 Å². The van der Waals surface area contributed by atoms with Crippen LogP contribution in [0.5, 0.6) is 5.75 Å². The SMILES string of the molecule is CC(C)c1onc(CNc2c(Cl)cccc2Cl)c1COc1ccc(/C=C/c2cccc(C(=O)O)c2)c(Cl)c1. The molecule has 2 N–H and O–H groups in total. The number of ether oxygens (including phenoxy) is 1. The van der Waals surface area contributed by atoms with Crippen LogP contribution in [0.3, 0.4) is 0 Å². The molecule has 6 nitrogen and oxygen atoms in total. The minimum absolute atomic E-state index is 0.106. The van der Waals surface area contributed by atoms with Crippen molar-refractivity contribution in [1.82, 2.24) is 5.16 Å². The molecule has 1 aromatic heterocycles. The molecule has 4 rings (SSSR count). The molecule has 0 aliphatic rings. The Balaban J connectivity index is 1.47. The highest BCUT2D eigenvalue weighted by Crippen LogP contribution is 2.32. The standard InChI is InChI=1S/C29H25Cl3N2O4/c1-17(2)28-22(26(34-38-28)15-33-27-23(30)7-4-8-24(27)31)16-37-21-12-11-19(25(32)14-21)10-9-18-5-3-6-20(13-18)29(35)36/h3-14,17,33H,15-16H2,1-2H3,(H,35,36)/b10-9+. The first kappa shape index (κ1) is 27.6. The molecule has 0 saturated carbocycles. The molecule has 0 unspecified atom stereocenters. The van der Waals surface area contributed by atoms with Crippen molar-refractivity contribution in [2.75, 3.05) is 5.32 Å². The van der Waals surface area contributed by atoms with Gasteiger partial charge in [0.15, 0.2) is 0 Å². The first-order valence-electron chi connectivity index (χ1n) is 11.8. The number of halogens is 3. The number of nitrogens with zero attached hydrogens (tertiary/aromatic N) is 1. The number of rotatable bonds is 10. The van der Waals surface area contributed by atoms with Gasteiger partial charge in [-0.05, 0) is 53.6 Å². The minimum atomic E-state index is -0.972. The number of carbonyl (C=O) groups is 1. The maximum absolute atomic E-state index is 11.2. The predicted molar refractivity (Wildman–Crippen MR) is 152 cm³/mol. The molecule has 0 aliphatic heterocycles. The van der Waals surface area contributed by atoms with Gasteiger partial charge in [-0.25, -0.2) is 4.79 Å². The molecule has 38 heavy (non-hydrogen) atoms. The molecule has 0 amide bonds. The van der Waals surface area contributed by atoms with Gasteiger partial charge in [-0.15, -0.1) is 0 Å². The highest BCUT2D eigenvalue weighted by atomic mass is 35.5. The highest BCUT2D eigenvalue weighted by Gasteiger charge is 2.20. The number of carboxylic acid groups (broad SMARTS) is 1. The van der Waals surface area contributed by atoms with Crippen molar-refractivity contribution in [2.45, 2.75) is 32.9 Å². The number of hydrogen-bond donors (Lipinski definition) is 2. The van der Waals surface area contributed by atoms with Crippen LogP contribution in [0.15, 0.2) is 65.2 Å². The Morgan fingerprint density at radius 3 is 2.45 bits per heavy atom. The number of benzene rings is 3. The van der Waals surface area contributed by atoms with E-state index < -0.39 is 5.97 Å². The summed E-state index contributed by atoms with van der Waals surface area (Å²) in [4.78, 5) is 11.2. The van der Waals surface area contributed by atoms with Crippen molar-refractivity contribution in [3.05, 3.63) is 109 Å². The molecule has 0 aliphatic carbocycles. The normalized spacial score (nSPS) is 11.3. The maximum atomic E-state index is 11.2. The summed E-state index contributed by atoms with van der Waals surface area (Å²) >= 11 is 19.1. The fraction of sp³-hybridized carbons (Fsp3) is 0.172. The monoisotopic (exact) mass is 570 g/mol. The second kappa shape index (κ2) is 12.4. The smallest absolute Gasteiger partial charge is 0.335 e. The third-order valence-electron chi connectivity index (χ3n) is 5.76. The molecule has 3 aromatic carbocycles. The topological polar surface area (TPSA) is 84.6 Å². The number of carboxylic acids is 1. The van der Waals surface area contributed by atoms with Crippen LogP contribution in [-0.4, -0.2) is 16.2 Å². The van der Waals surface area contributed by atoms with Gasteiger partial charge in [0, 0.05) is 5.92 Å². The summed E-state index contributed by atoms with van der Waals surface area (Å²) in [6.45, 7) is 4.64. The van der Waals surface area contributed by atoms with Gasteiger partial charge in [-0.2, -0.15) is 0 Å². The van der Waals surface area contributed by atoms with Crippen LogP contribution in [0.2, 0.25) is 15.1 Å². The second-order valence-corrected chi connectivity index (χ2v) is 10.0. The summed E-state index contributed by atoms with van der Waals surface area (Å²) in [6, 6.07) is 17.4. The Kier molecular flexibility index (Phi) is 9.00. The van der Waals surface area contributed by atoms with Crippen LogP contribution in [0.25, 0.3) is 12.2 Å². The van der Waals surface area contributed by atoms with E-state index in [1.807, 2.05) is 44.2 Å². The zero-order chi connectivity index (χ0) is 27.2. The van der Waals surface area contributed by atoms with E-state index in [2.05, 4.69) is 10.5 Å². The molecular weight excluding hydrogens is 547 g/mol. The third-order valence-corrected chi connectivity index (χ3v) is 6.72. The number of anilines is 1. The van der Waals surface area contributed by atoms with Crippen LogP contribution >= 0.6 is 34.8 Å². The zero-order valence-corrected chi connectivity index (χ0v) is 22.9. The number of hydrogen-bond acceptors (Lipinski definition) is 5. The molecule has 0 saturated heterocycles. The summed E-state index contributed by atoms with van der Waals surface area (Å²) in [7, 11) is 0. The number of para-hydroxylation sites is 1. The van der Waals surface area contributed by atoms with Crippen LogP contribution < -0.4 is 10.1 Å². The van der Waals surface area contributed by atoms with Crippen LogP contribution in [0.1, 0.15) is 58.3 Å². The van der Waals surface area contributed by atoms with Crippen molar-refractivity contribution in [2.24, 2.45) is 0 Å². The average Bonchev–Trinajstić information content (AvgIpc) is 3.30. The first-order chi connectivity index (χ1) is 18.2. The molecule has 0 atom stereocenters. The summed E-state index contributed by atoms with van der Waals surface area (Å²) in [5.41, 5.74) is 3.92. The first-order valence-corrected chi connectivity index (χ1v) is 12.9. The van der Waals surface area contributed by atoms with Crippen LogP contribution in [-0.2, 0) is 13.2 Å². The van der Waals surface area contributed by atoms with Crippen LogP contribution in [0, 0.1) is 0 Å². The van der Waals surface area contributed by atoms with E-state index in [-0.39, 0.29) is 18.1 Å². The van der Waals surface area contributed by atoms with Crippen LogP contribution in [0.4, 0.5) is 5.69 Å². The molecule has 0 spiro atoms. The van der Waals surface area contributed by atoms with Crippen molar-refractivity contribution in [3.8, 4) is 5.75 Å². The minimum Gasteiger partial charge on any atom is -0.489 e. The third kappa shape index (κ3) is 6.70. The molecular formula is C29H25Cl3N2O4. The van der Waals surface area contributed by atoms with Crippen molar-refractivity contribution in [3.63, 3.8) is 0 Å².